The quantitative estimate of drug-likeness (QED) is 0.655. The van der Waals surface area contributed by atoms with Crippen molar-refractivity contribution in [3.63, 3.8) is 0 Å². The van der Waals surface area contributed by atoms with Crippen LogP contribution in [-0.2, 0) is 6.54 Å². The number of hydrogen-bond acceptors (Lipinski definition) is 3. The number of hydrogen-bond donors (Lipinski definition) is 1. The molecule has 1 aromatic heterocycles. The topological polar surface area (TPSA) is 54.3 Å². The number of fused-ring (bicyclic) bond motifs is 1. The maximum Gasteiger partial charge on any atom is 0.251 e. The number of halogens is 1. The number of likely N-dealkylation sites (tertiary alicyclic amines) is 1. The zero-order valence-corrected chi connectivity index (χ0v) is 17.5. The molecule has 1 aliphatic rings. The number of Topliss-reactive ketones (excluding diaryl/α,β-unsaturated/α-hetero) is 1. The highest BCUT2D eigenvalue weighted by atomic mass is 19.1. The largest absolute Gasteiger partial charge is 0.348 e. The van der Waals surface area contributed by atoms with Gasteiger partial charge in [-0.15, -0.1) is 0 Å². The first-order valence-corrected chi connectivity index (χ1v) is 10.2. The highest BCUT2D eigenvalue weighted by molar-refractivity contribution is 6.10. The van der Waals surface area contributed by atoms with E-state index in [0.717, 1.165) is 41.7 Å². The Morgan fingerprint density at radius 3 is 2.53 bits per heavy atom. The maximum absolute atomic E-state index is 13.3. The van der Waals surface area contributed by atoms with Crippen molar-refractivity contribution in [2.75, 3.05) is 20.1 Å². The lowest BCUT2D eigenvalue weighted by Gasteiger charge is -2.13. The minimum atomic E-state index is -0.277. The molecule has 4 rings (SSSR count). The Hall–Kier alpha value is -2.99. The van der Waals surface area contributed by atoms with Gasteiger partial charge in [-0.2, -0.15) is 0 Å². The summed E-state index contributed by atoms with van der Waals surface area (Å²) < 4.78 is 15.3. The molecule has 1 saturated heterocycles. The van der Waals surface area contributed by atoms with Gasteiger partial charge in [-0.3, -0.25) is 9.59 Å². The molecule has 30 heavy (non-hydrogen) atoms. The van der Waals surface area contributed by atoms with Crippen LogP contribution in [0.2, 0.25) is 0 Å². The van der Waals surface area contributed by atoms with Crippen molar-refractivity contribution in [1.82, 2.24) is 14.8 Å². The van der Waals surface area contributed by atoms with Crippen LogP contribution in [0.1, 0.15) is 45.3 Å². The van der Waals surface area contributed by atoms with Gasteiger partial charge in [0.15, 0.2) is 5.78 Å². The highest BCUT2D eigenvalue weighted by Gasteiger charge is 2.23. The number of carbonyl (C=O) groups is 2. The van der Waals surface area contributed by atoms with Gasteiger partial charge in [0.25, 0.3) is 5.91 Å². The number of amides is 1. The summed E-state index contributed by atoms with van der Waals surface area (Å²) in [5.41, 5.74) is 3.86. The van der Waals surface area contributed by atoms with Crippen LogP contribution in [0.5, 0.6) is 0 Å². The number of ketones is 1. The molecule has 0 unspecified atom stereocenters. The molecule has 3 aromatic rings. The van der Waals surface area contributed by atoms with Crippen LogP contribution in [0.4, 0.5) is 4.39 Å². The molecule has 1 N–H and O–H groups in total. The molecule has 1 amide bonds. The summed E-state index contributed by atoms with van der Waals surface area (Å²) in [6.07, 6.45) is 0.941. The minimum absolute atomic E-state index is 0.0367. The second kappa shape index (κ2) is 8.03. The second-order valence-corrected chi connectivity index (χ2v) is 8.18. The summed E-state index contributed by atoms with van der Waals surface area (Å²) in [6.45, 7) is 5.80. The van der Waals surface area contributed by atoms with E-state index in [0.29, 0.717) is 17.7 Å². The van der Waals surface area contributed by atoms with Crippen molar-refractivity contribution in [1.29, 1.82) is 0 Å². The predicted molar refractivity (Wildman–Crippen MR) is 116 cm³/mol. The number of nitrogens with zero attached hydrogens (tertiary/aromatic N) is 2. The van der Waals surface area contributed by atoms with Gasteiger partial charge >= 0.3 is 0 Å². The van der Waals surface area contributed by atoms with E-state index in [1.807, 2.05) is 30.7 Å². The molecule has 6 heteroatoms. The number of likely N-dealkylation sites (N-methyl/N-ethyl adjacent to an activating group) is 1. The number of nitrogens with one attached hydrogen (secondary N) is 1. The lowest BCUT2D eigenvalue weighted by atomic mass is 10.0. The molecule has 156 valence electrons. The minimum Gasteiger partial charge on any atom is -0.348 e. The molecular weight excluding hydrogens is 381 g/mol. The van der Waals surface area contributed by atoms with E-state index in [1.165, 1.54) is 12.1 Å². The summed E-state index contributed by atoms with van der Waals surface area (Å²) in [6, 6.07) is 12.0. The van der Waals surface area contributed by atoms with Crippen LogP contribution in [0.25, 0.3) is 10.9 Å². The Morgan fingerprint density at radius 1 is 1.17 bits per heavy atom. The van der Waals surface area contributed by atoms with Gasteiger partial charge in [0.05, 0.1) is 0 Å². The number of rotatable bonds is 5. The van der Waals surface area contributed by atoms with Gasteiger partial charge < -0.3 is 14.8 Å². The van der Waals surface area contributed by atoms with E-state index in [9.17, 15) is 14.0 Å². The van der Waals surface area contributed by atoms with Crippen LogP contribution >= 0.6 is 0 Å². The number of carbonyl (C=O) groups excluding carboxylic acids is 2. The first-order valence-electron chi connectivity index (χ1n) is 10.2. The van der Waals surface area contributed by atoms with E-state index in [2.05, 4.69) is 10.2 Å². The van der Waals surface area contributed by atoms with Gasteiger partial charge in [0, 0.05) is 46.9 Å². The lowest BCUT2D eigenvalue weighted by molar-refractivity contribution is 0.0937. The first kappa shape index (κ1) is 20.3. The standard InChI is InChI=1S/C24H26FN3O2/c1-15-23(16(2)29)21-12-18(24(30)26-20-10-11-27(3)14-20)6-9-22(21)28(15)13-17-4-7-19(25)8-5-17/h4-9,12,20H,10-11,13-14H2,1-3H3,(H,26,30)/t20-/m0/s1. The molecule has 1 aliphatic heterocycles. The Kier molecular flexibility index (Phi) is 5.43. The van der Waals surface area contributed by atoms with Crippen LogP contribution in [0, 0.1) is 12.7 Å². The number of benzene rings is 2. The summed E-state index contributed by atoms with van der Waals surface area (Å²) in [5, 5.41) is 3.87. The maximum atomic E-state index is 13.3. The van der Waals surface area contributed by atoms with Crippen molar-refractivity contribution < 1.29 is 14.0 Å². The molecule has 1 fully saturated rings. The third-order valence-electron chi connectivity index (χ3n) is 5.92. The third-order valence-corrected chi connectivity index (χ3v) is 5.92. The molecule has 0 saturated carbocycles. The van der Waals surface area contributed by atoms with Crippen LogP contribution in [-0.4, -0.2) is 47.3 Å². The smallest absolute Gasteiger partial charge is 0.251 e. The summed E-state index contributed by atoms with van der Waals surface area (Å²) in [4.78, 5) is 27.4. The Morgan fingerprint density at radius 2 is 1.90 bits per heavy atom. The fraction of sp³-hybridized carbons (Fsp3) is 0.333. The van der Waals surface area contributed by atoms with Crippen LogP contribution < -0.4 is 5.32 Å². The van der Waals surface area contributed by atoms with E-state index in [4.69, 9.17) is 0 Å². The molecule has 0 aliphatic carbocycles. The van der Waals surface area contributed by atoms with Gasteiger partial charge in [-0.25, -0.2) is 4.39 Å². The molecule has 0 radical (unpaired) electrons. The van der Waals surface area contributed by atoms with Crippen molar-refractivity contribution in [2.24, 2.45) is 0 Å². The molecular formula is C24H26FN3O2. The summed E-state index contributed by atoms with van der Waals surface area (Å²) in [5.74, 6) is -0.428. The summed E-state index contributed by atoms with van der Waals surface area (Å²) >= 11 is 0. The zero-order valence-electron chi connectivity index (χ0n) is 17.5. The van der Waals surface area contributed by atoms with Crippen LogP contribution in [0.3, 0.4) is 0 Å². The molecule has 2 aromatic carbocycles. The monoisotopic (exact) mass is 407 g/mol. The van der Waals surface area contributed by atoms with Crippen LogP contribution in [0.15, 0.2) is 42.5 Å². The normalized spacial score (nSPS) is 16.9. The Balaban J connectivity index is 1.70. The van der Waals surface area contributed by atoms with Crippen molar-refractivity contribution in [2.45, 2.75) is 32.9 Å². The Labute approximate surface area is 175 Å². The SMILES string of the molecule is CC(=O)c1c(C)n(Cc2ccc(F)cc2)c2ccc(C(=O)N[C@H]3CCN(C)C3)cc12. The molecule has 5 nitrogen and oxygen atoms in total. The average molecular weight is 407 g/mol. The fourth-order valence-corrected chi connectivity index (χ4v) is 4.37. The molecule has 1 atom stereocenters. The van der Waals surface area contributed by atoms with Crippen molar-refractivity contribution >= 4 is 22.6 Å². The fourth-order valence-electron chi connectivity index (χ4n) is 4.37. The van der Waals surface area contributed by atoms with E-state index in [1.54, 1.807) is 25.1 Å². The van der Waals surface area contributed by atoms with Crippen molar-refractivity contribution in [3.05, 3.63) is 70.7 Å². The summed E-state index contributed by atoms with van der Waals surface area (Å²) in [7, 11) is 2.05. The molecule has 0 bridgehead atoms. The third kappa shape index (κ3) is 3.87. The highest BCUT2D eigenvalue weighted by Crippen LogP contribution is 2.28. The van der Waals surface area contributed by atoms with Gasteiger partial charge in [-0.05, 0) is 69.8 Å². The van der Waals surface area contributed by atoms with E-state index >= 15 is 0 Å². The first-order chi connectivity index (χ1) is 14.3. The lowest BCUT2D eigenvalue weighted by Crippen LogP contribution is -2.36. The van der Waals surface area contributed by atoms with Crippen molar-refractivity contribution in [3.8, 4) is 0 Å². The second-order valence-electron chi connectivity index (χ2n) is 8.18. The van der Waals surface area contributed by atoms with Gasteiger partial charge in [-0.1, -0.05) is 12.1 Å². The molecule has 2 heterocycles. The van der Waals surface area contributed by atoms with Gasteiger partial charge in [0.2, 0.25) is 0 Å². The van der Waals surface area contributed by atoms with E-state index < -0.39 is 0 Å². The number of aromatic nitrogens is 1. The molecule has 0 spiro atoms. The Bertz CT molecular complexity index is 1120. The van der Waals surface area contributed by atoms with Gasteiger partial charge in [0.1, 0.15) is 5.82 Å². The van der Waals surface area contributed by atoms with E-state index in [-0.39, 0.29) is 23.5 Å². The average Bonchev–Trinajstić information content (AvgIpc) is 3.23. The zero-order chi connectivity index (χ0) is 21.4. The predicted octanol–water partition coefficient (Wildman–Crippen LogP) is 3.77.